The average Bonchev–Trinajstić information content (AvgIpc) is 3.32. The quantitative estimate of drug-likeness (QED) is 0.258. The van der Waals surface area contributed by atoms with Gasteiger partial charge < -0.3 is 0 Å². The first-order chi connectivity index (χ1) is 17.5. The smallest absolute Gasteiger partial charge is 0.267 e. The minimum absolute atomic E-state index is 0.0499. The van der Waals surface area contributed by atoms with Crippen LogP contribution in [0, 0.1) is 25.2 Å². The van der Waals surface area contributed by atoms with Crippen molar-refractivity contribution in [2.45, 2.75) is 19.0 Å². The zero-order valence-electron chi connectivity index (χ0n) is 19.8. The number of anilines is 1. The number of hydrogen-bond acceptors (Lipinski definition) is 6. The maximum absolute atomic E-state index is 13.6. The van der Waals surface area contributed by atoms with Gasteiger partial charge in [0, 0.05) is 5.69 Å². The van der Waals surface area contributed by atoms with Crippen molar-refractivity contribution < 1.29 is 4.79 Å². The van der Waals surface area contributed by atoms with Gasteiger partial charge >= 0.3 is 0 Å². The van der Waals surface area contributed by atoms with Gasteiger partial charge in [0.2, 0.25) is 11.7 Å². The summed E-state index contributed by atoms with van der Waals surface area (Å²) in [5, 5.41) is 19.0. The van der Waals surface area contributed by atoms with Crippen molar-refractivity contribution in [2.24, 2.45) is 0 Å². The summed E-state index contributed by atoms with van der Waals surface area (Å²) in [6.07, 6.45) is 0. The molecule has 2 aromatic heterocycles. The van der Waals surface area contributed by atoms with Crippen LogP contribution >= 0.6 is 11.8 Å². The lowest BCUT2D eigenvalue weighted by Gasteiger charge is -2.19. The van der Waals surface area contributed by atoms with E-state index in [-0.39, 0.29) is 23.8 Å². The van der Waals surface area contributed by atoms with Gasteiger partial charge in [-0.15, -0.1) is 10.2 Å². The molecule has 178 valence electrons. The van der Waals surface area contributed by atoms with E-state index < -0.39 is 0 Å². The van der Waals surface area contributed by atoms with Crippen LogP contribution in [0.2, 0.25) is 0 Å². The van der Waals surface area contributed by atoms with Gasteiger partial charge in [0.25, 0.3) is 5.56 Å². The number of amides is 1. The Kier molecular flexibility index (Phi) is 6.27. The van der Waals surface area contributed by atoms with Crippen LogP contribution in [-0.4, -0.2) is 37.4 Å². The largest absolute Gasteiger partial charge is 0.298 e. The van der Waals surface area contributed by atoms with Crippen molar-refractivity contribution in [3.8, 4) is 11.8 Å². The Morgan fingerprint density at radius 1 is 1.00 bits per heavy atom. The summed E-state index contributed by atoms with van der Waals surface area (Å²) < 4.78 is 3.39. The Morgan fingerprint density at radius 3 is 2.53 bits per heavy atom. The molecule has 0 aliphatic carbocycles. The molecule has 0 saturated carbocycles. The lowest BCUT2D eigenvalue weighted by Crippen LogP contribution is -2.32. The molecule has 0 aliphatic heterocycles. The molecule has 0 fully saturated rings. The number of thioether (sulfide) groups is 1. The van der Waals surface area contributed by atoms with Crippen LogP contribution in [0.25, 0.3) is 22.4 Å². The molecular weight excluding hydrogens is 472 g/mol. The first-order valence-corrected chi connectivity index (χ1v) is 12.3. The highest BCUT2D eigenvalue weighted by Gasteiger charge is 2.21. The van der Waals surface area contributed by atoms with E-state index in [4.69, 9.17) is 0 Å². The first-order valence-electron chi connectivity index (χ1n) is 11.3. The summed E-state index contributed by atoms with van der Waals surface area (Å²) in [6.45, 7) is 3.92. The molecule has 3 aromatic carbocycles. The minimum Gasteiger partial charge on any atom is -0.298 e. The highest BCUT2D eigenvalue weighted by atomic mass is 32.2. The number of carbonyl (C=O) groups excluding carboxylic acids is 1. The lowest BCUT2D eigenvalue weighted by molar-refractivity contribution is -0.116. The molecule has 8 nitrogen and oxygen atoms in total. The molecule has 0 aliphatic rings. The van der Waals surface area contributed by atoms with E-state index in [1.165, 1.54) is 16.7 Å². The van der Waals surface area contributed by atoms with Gasteiger partial charge in [-0.1, -0.05) is 54.2 Å². The number of aromatic nitrogens is 4. The van der Waals surface area contributed by atoms with Crippen LogP contribution in [-0.2, 0) is 4.79 Å². The molecule has 0 spiro atoms. The zero-order valence-corrected chi connectivity index (χ0v) is 20.6. The van der Waals surface area contributed by atoms with E-state index >= 15 is 0 Å². The third kappa shape index (κ3) is 4.01. The number of hydrogen-bond donors (Lipinski definition) is 0. The molecule has 0 radical (unpaired) electrons. The maximum atomic E-state index is 13.6. The molecule has 0 bridgehead atoms. The third-order valence-corrected chi connectivity index (χ3v) is 7.05. The van der Waals surface area contributed by atoms with Gasteiger partial charge in [0.15, 0.2) is 5.16 Å². The topological polar surface area (TPSA) is 96.3 Å². The van der Waals surface area contributed by atoms with Gasteiger partial charge in [0.05, 0.1) is 28.4 Å². The highest BCUT2D eigenvalue weighted by Crippen LogP contribution is 2.26. The number of nitriles is 1. The Morgan fingerprint density at radius 2 is 1.75 bits per heavy atom. The Hall–Kier alpha value is -4.42. The molecule has 9 heteroatoms. The third-order valence-electron chi connectivity index (χ3n) is 6.13. The molecule has 0 unspecified atom stereocenters. The van der Waals surface area contributed by atoms with Crippen LogP contribution in [0.15, 0.2) is 82.7 Å². The van der Waals surface area contributed by atoms with Crippen LogP contribution in [0.1, 0.15) is 11.1 Å². The summed E-state index contributed by atoms with van der Waals surface area (Å²) >= 11 is 1.22. The molecule has 0 atom stereocenters. The van der Waals surface area contributed by atoms with Gasteiger partial charge in [-0.25, -0.2) is 4.57 Å². The number of benzene rings is 3. The number of aryl methyl sites for hydroxylation is 1. The van der Waals surface area contributed by atoms with Gasteiger partial charge in [-0.05, 0) is 55.3 Å². The monoisotopic (exact) mass is 494 g/mol. The number of rotatable bonds is 6. The molecule has 0 N–H and O–H groups in total. The predicted molar refractivity (Wildman–Crippen MR) is 141 cm³/mol. The van der Waals surface area contributed by atoms with Crippen molar-refractivity contribution in [1.82, 2.24) is 19.2 Å². The fourth-order valence-corrected chi connectivity index (χ4v) is 4.99. The number of carbonyl (C=O) groups is 1. The van der Waals surface area contributed by atoms with Crippen molar-refractivity contribution in [3.63, 3.8) is 0 Å². The van der Waals surface area contributed by atoms with E-state index in [2.05, 4.69) is 16.3 Å². The summed E-state index contributed by atoms with van der Waals surface area (Å²) in [7, 11) is 0. The highest BCUT2D eigenvalue weighted by molar-refractivity contribution is 7.99. The van der Waals surface area contributed by atoms with E-state index in [0.29, 0.717) is 27.5 Å². The van der Waals surface area contributed by atoms with Gasteiger partial charge in [-0.2, -0.15) is 5.26 Å². The summed E-state index contributed by atoms with van der Waals surface area (Å²) in [4.78, 5) is 28.1. The number of para-hydroxylation sites is 2. The van der Waals surface area contributed by atoms with Gasteiger partial charge in [-0.3, -0.25) is 18.9 Å². The fraction of sp³-hybridized carbons (Fsp3) is 0.148. The Balaban J connectivity index is 1.60. The molecule has 5 aromatic rings. The standard InChI is InChI=1S/C27H22N6O2S/c1-18-9-8-14-22(19(18)2)32-25(35)21-12-6-7-13-23(21)33-26(32)29-30-27(33)36-17-24(34)31(16-15-28)20-10-4-3-5-11-20/h3-14H,16-17H2,1-2H3. The van der Waals surface area contributed by atoms with Crippen molar-refractivity contribution >= 4 is 40.0 Å². The number of fused-ring (bicyclic) bond motifs is 3. The number of nitrogens with zero attached hydrogens (tertiary/aromatic N) is 6. The Bertz CT molecular complexity index is 1700. The molecule has 0 saturated heterocycles. The van der Waals surface area contributed by atoms with Crippen LogP contribution < -0.4 is 10.5 Å². The SMILES string of the molecule is Cc1cccc(-n2c(=O)c3ccccc3n3c(SCC(=O)N(CC#N)c4ccccc4)nnc23)c1C. The summed E-state index contributed by atoms with van der Waals surface area (Å²) in [5.74, 6) is 0.199. The second-order valence-electron chi connectivity index (χ2n) is 8.26. The molecular formula is C27H22N6O2S. The van der Waals surface area contributed by atoms with Crippen molar-refractivity contribution in [1.29, 1.82) is 5.26 Å². The van der Waals surface area contributed by atoms with Crippen LogP contribution in [0.4, 0.5) is 5.69 Å². The minimum atomic E-state index is -0.225. The van der Waals surface area contributed by atoms with E-state index in [1.807, 2.05) is 72.8 Å². The van der Waals surface area contributed by atoms with Gasteiger partial charge in [0.1, 0.15) is 6.54 Å². The summed E-state index contributed by atoms with van der Waals surface area (Å²) in [5.41, 5.74) is 3.90. The summed E-state index contributed by atoms with van der Waals surface area (Å²) in [6, 6.07) is 24.3. The molecule has 2 heterocycles. The average molecular weight is 495 g/mol. The first kappa shape index (κ1) is 23.3. The molecule has 5 rings (SSSR count). The second-order valence-corrected chi connectivity index (χ2v) is 9.20. The maximum Gasteiger partial charge on any atom is 0.267 e. The zero-order chi connectivity index (χ0) is 25.2. The van der Waals surface area contributed by atoms with E-state index in [9.17, 15) is 14.9 Å². The lowest BCUT2D eigenvalue weighted by atomic mass is 10.1. The molecule has 1 amide bonds. The normalized spacial score (nSPS) is 11.0. The van der Waals surface area contributed by atoms with Crippen LogP contribution in [0.3, 0.4) is 0 Å². The predicted octanol–water partition coefficient (Wildman–Crippen LogP) is 4.30. The Labute approximate surface area is 211 Å². The van der Waals surface area contributed by atoms with Crippen molar-refractivity contribution in [3.05, 3.63) is 94.3 Å². The second kappa shape index (κ2) is 9.68. The van der Waals surface area contributed by atoms with E-state index in [1.54, 1.807) is 22.8 Å². The van der Waals surface area contributed by atoms with Crippen LogP contribution in [0.5, 0.6) is 0 Å². The molecule has 36 heavy (non-hydrogen) atoms. The fourth-order valence-electron chi connectivity index (χ4n) is 4.17. The van der Waals surface area contributed by atoms with E-state index in [0.717, 1.165) is 16.8 Å². The van der Waals surface area contributed by atoms with Crippen molar-refractivity contribution in [2.75, 3.05) is 17.2 Å².